The summed E-state index contributed by atoms with van der Waals surface area (Å²) in [4.78, 5) is 8.93. The van der Waals surface area contributed by atoms with E-state index in [-0.39, 0.29) is 17.5 Å². The second-order valence-corrected chi connectivity index (χ2v) is 8.80. The maximum absolute atomic E-state index is 11.7. The molecule has 9 heteroatoms. The van der Waals surface area contributed by atoms with E-state index in [1.807, 2.05) is 18.2 Å². The van der Waals surface area contributed by atoms with Crippen LogP contribution in [0.2, 0.25) is 5.02 Å². The number of rotatable bonds is 3. The summed E-state index contributed by atoms with van der Waals surface area (Å²) in [6.45, 7) is 1.80. The molecular formula is C16H16ClN5O2S. The minimum atomic E-state index is -2.96. The van der Waals surface area contributed by atoms with Crippen LogP contribution in [-0.2, 0) is 9.84 Å². The third kappa shape index (κ3) is 3.19. The van der Waals surface area contributed by atoms with Gasteiger partial charge in [-0.15, -0.1) is 0 Å². The highest BCUT2D eigenvalue weighted by molar-refractivity contribution is 7.91. The molecule has 2 aromatic heterocycles. The van der Waals surface area contributed by atoms with Gasteiger partial charge >= 0.3 is 0 Å². The first kappa shape index (κ1) is 16.3. The van der Waals surface area contributed by atoms with E-state index in [9.17, 15) is 8.42 Å². The predicted molar refractivity (Wildman–Crippen MR) is 97.1 cm³/mol. The third-order valence-corrected chi connectivity index (χ3v) is 6.17. The zero-order valence-electron chi connectivity index (χ0n) is 13.5. The Morgan fingerprint density at radius 1 is 1.32 bits per heavy atom. The number of anilines is 1. The van der Waals surface area contributed by atoms with Crippen molar-refractivity contribution in [1.29, 1.82) is 0 Å². The molecule has 0 bridgehead atoms. The Bertz CT molecular complexity index is 1060. The molecule has 1 aromatic carbocycles. The van der Waals surface area contributed by atoms with Gasteiger partial charge in [-0.3, -0.25) is 0 Å². The van der Waals surface area contributed by atoms with Crippen LogP contribution in [0.5, 0.6) is 0 Å². The highest BCUT2D eigenvalue weighted by atomic mass is 35.5. The van der Waals surface area contributed by atoms with Crippen molar-refractivity contribution in [3.8, 4) is 5.69 Å². The third-order valence-electron chi connectivity index (χ3n) is 4.17. The second kappa shape index (κ2) is 5.96. The van der Waals surface area contributed by atoms with Gasteiger partial charge < -0.3 is 5.32 Å². The van der Waals surface area contributed by atoms with E-state index < -0.39 is 9.84 Å². The maximum atomic E-state index is 11.7. The molecule has 3 aromatic rings. The summed E-state index contributed by atoms with van der Waals surface area (Å²) in [5.41, 5.74) is 1.45. The van der Waals surface area contributed by atoms with Gasteiger partial charge in [0.25, 0.3) is 0 Å². The van der Waals surface area contributed by atoms with Gasteiger partial charge in [-0.25, -0.2) is 23.1 Å². The molecule has 1 fully saturated rings. The lowest BCUT2D eigenvalue weighted by atomic mass is 10.2. The van der Waals surface area contributed by atoms with Crippen molar-refractivity contribution >= 4 is 38.3 Å². The molecule has 1 atom stereocenters. The van der Waals surface area contributed by atoms with Crippen molar-refractivity contribution in [3.63, 3.8) is 0 Å². The van der Waals surface area contributed by atoms with Gasteiger partial charge in [0.05, 0.1) is 28.8 Å². The second-order valence-electron chi connectivity index (χ2n) is 6.14. The normalized spacial score (nSPS) is 19.4. The summed E-state index contributed by atoms with van der Waals surface area (Å²) in [7, 11) is -2.96. The Balaban J connectivity index is 1.77. The summed E-state index contributed by atoms with van der Waals surface area (Å²) in [6.07, 6.45) is 2.26. The number of hydrogen-bond donors (Lipinski definition) is 1. The minimum absolute atomic E-state index is 0.125. The number of halogens is 1. The lowest BCUT2D eigenvalue weighted by molar-refractivity contribution is 0.602. The average Bonchev–Trinajstić information content (AvgIpc) is 3.10. The Morgan fingerprint density at radius 2 is 2.16 bits per heavy atom. The highest BCUT2D eigenvalue weighted by Crippen LogP contribution is 2.26. The lowest BCUT2D eigenvalue weighted by Gasteiger charge is -2.13. The van der Waals surface area contributed by atoms with Crippen molar-refractivity contribution in [2.24, 2.45) is 0 Å². The van der Waals surface area contributed by atoms with Gasteiger partial charge in [0.2, 0.25) is 0 Å². The molecule has 25 heavy (non-hydrogen) atoms. The van der Waals surface area contributed by atoms with Gasteiger partial charge in [0.15, 0.2) is 15.5 Å². The Labute approximate surface area is 150 Å². The fraction of sp³-hybridized carbons (Fsp3) is 0.312. The van der Waals surface area contributed by atoms with Crippen LogP contribution in [-0.4, -0.2) is 45.7 Å². The van der Waals surface area contributed by atoms with Crippen LogP contribution in [0.1, 0.15) is 12.2 Å². The SMILES string of the molecule is Cc1nc(N[C@H]2CCS(=O)(=O)C2)c2cnn(-c3cccc(Cl)c3)c2n1. The number of fused-ring (bicyclic) bond motifs is 1. The van der Waals surface area contributed by atoms with Gasteiger partial charge in [-0.1, -0.05) is 17.7 Å². The van der Waals surface area contributed by atoms with E-state index in [1.165, 1.54) is 0 Å². The molecule has 4 rings (SSSR count). The van der Waals surface area contributed by atoms with E-state index >= 15 is 0 Å². The molecule has 0 aliphatic carbocycles. The number of aryl methyl sites for hydroxylation is 1. The molecule has 1 aliphatic rings. The summed E-state index contributed by atoms with van der Waals surface area (Å²) >= 11 is 6.07. The summed E-state index contributed by atoms with van der Waals surface area (Å²) in [6, 6.07) is 7.21. The fourth-order valence-corrected chi connectivity index (χ4v) is 4.88. The van der Waals surface area contributed by atoms with E-state index in [1.54, 1.807) is 23.9 Å². The van der Waals surface area contributed by atoms with E-state index in [0.29, 0.717) is 28.7 Å². The molecule has 0 radical (unpaired) electrons. The van der Waals surface area contributed by atoms with Crippen molar-refractivity contribution in [1.82, 2.24) is 19.7 Å². The van der Waals surface area contributed by atoms with Crippen molar-refractivity contribution in [3.05, 3.63) is 41.3 Å². The van der Waals surface area contributed by atoms with Gasteiger partial charge in [-0.05, 0) is 31.5 Å². The van der Waals surface area contributed by atoms with E-state index in [2.05, 4.69) is 20.4 Å². The molecule has 0 amide bonds. The molecule has 7 nitrogen and oxygen atoms in total. The minimum Gasteiger partial charge on any atom is -0.366 e. The Morgan fingerprint density at radius 3 is 2.88 bits per heavy atom. The summed E-state index contributed by atoms with van der Waals surface area (Å²) < 4.78 is 25.1. The van der Waals surface area contributed by atoms with E-state index in [0.717, 1.165) is 11.1 Å². The van der Waals surface area contributed by atoms with Crippen molar-refractivity contribution in [2.45, 2.75) is 19.4 Å². The number of benzene rings is 1. The van der Waals surface area contributed by atoms with Crippen LogP contribution in [0.3, 0.4) is 0 Å². The molecule has 130 valence electrons. The van der Waals surface area contributed by atoms with Gasteiger partial charge in [0, 0.05) is 11.1 Å². The average molecular weight is 378 g/mol. The van der Waals surface area contributed by atoms with Crippen LogP contribution in [0.25, 0.3) is 16.7 Å². The van der Waals surface area contributed by atoms with Crippen LogP contribution in [0.15, 0.2) is 30.5 Å². The quantitative estimate of drug-likeness (QED) is 0.753. The molecule has 1 N–H and O–H groups in total. The molecule has 0 spiro atoms. The monoisotopic (exact) mass is 377 g/mol. The Kier molecular flexibility index (Phi) is 3.88. The molecule has 0 saturated carbocycles. The van der Waals surface area contributed by atoms with Crippen LogP contribution >= 0.6 is 11.6 Å². The maximum Gasteiger partial charge on any atom is 0.168 e. The van der Waals surface area contributed by atoms with Crippen LogP contribution in [0.4, 0.5) is 5.82 Å². The topological polar surface area (TPSA) is 89.8 Å². The number of nitrogens with zero attached hydrogens (tertiary/aromatic N) is 4. The fourth-order valence-electron chi connectivity index (χ4n) is 3.03. The number of nitrogens with one attached hydrogen (secondary N) is 1. The van der Waals surface area contributed by atoms with Gasteiger partial charge in [-0.2, -0.15) is 5.10 Å². The van der Waals surface area contributed by atoms with Crippen LogP contribution in [0, 0.1) is 6.92 Å². The van der Waals surface area contributed by atoms with Gasteiger partial charge in [0.1, 0.15) is 11.6 Å². The first-order valence-corrected chi connectivity index (χ1v) is 10.1. The standard InChI is InChI=1S/C16H16ClN5O2S/c1-10-19-15(21-12-5-6-25(23,24)9-12)14-8-18-22(16(14)20-10)13-4-2-3-11(17)7-13/h2-4,7-8,12H,5-6,9H2,1H3,(H,19,20,21)/t12-/m0/s1. The number of aromatic nitrogens is 4. The van der Waals surface area contributed by atoms with E-state index in [4.69, 9.17) is 11.6 Å². The molecule has 0 unspecified atom stereocenters. The molecule has 1 aliphatic heterocycles. The van der Waals surface area contributed by atoms with Crippen molar-refractivity contribution < 1.29 is 8.42 Å². The first-order chi connectivity index (χ1) is 11.9. The zero-order chi connectivity index (χ0) is 17.6. The highest BCUT2D eigenvalue weighted by Gasteiger charge is 2.28. The Hall–Kier alpha value is -2.19. The smallest absolute Gasteiger partial charge is 0.168 e. The zero-order valence-corrected chi connectivity index (χ0v) is 15.0. The molecule has 1 saturated heterocycles. The number of sulfone groups is 1. The summed E-state index contributed by atoms with van der Waals surface area (Å²) in [5, 5.41) is 9.01. The first-order valence-electron chi connectivity index (χ1n) is 7.86. The number of hydrogen-bond acceptors (Lipinski definition) is 6. The van der Waals surface area contributed by atoms with Crippen LogP contribution < -0.4 is 5.32 Å². The predicted octanol–water partition coefficient (Wildman–Crippen LogP) is 2.38. The van der Waals surface area contributed by atoms with Crippen molar-refractivity contribution in [2.75, 3.05) is 16.8 Å². The molecular weight excluding hydrogens is 362 g/mol. The lowest BCUT2D eigenvalue weighted by Crippen LogP contribution is -2.21. The summed E-state index contributed by atoms with van der Waals surface area (Å²) in [5.74, 6) is 1.53. The molecule has 3 heterocycles. The largest absolute Gasteiger partial charge is 0.366 e.